The summed E-state index contributed by atoms with van der Waals surface area (Å²) in [5.41, 5.74) is 2.00. The van der Waals surface area contributed by atoms with Gasteiger partial charge >= 0.3 is 0 Å². The van der Waals surface area contributed by atoms with Crippen LogP contribution in [0.25, 0.3) is 6.08 Å². The molecule has 2 aromatic rings. The van der Waals surface area contributed by atoms with Gasteiger partial charge in [0.1, 0.15) is 6.10 Å². The summed E-state index contributed by atoms with van der Waals surface area (Å²) >= 11 is 0. The molecular weight excluding hydrogens is 464 g/mol. The van der Waals surface area contributed by atoms with Gasteiger partial charge in [-0.25, -0.2) is 0 Å². The number of nitrogens with zero attached hydrogens (tertiary/aromatic N) is 2. The summed E-state index contributed by atoms with van der Waals surface area (Å²) in [5.74, 6) is 2.24. The Hall–Kier alpha value is -2.83. The fourth-order valence-corrected chi connectivity index (χ4v) is 8.01. The fraction of sp³-hybridized carbons (Fsp3) is 0.516. The van der Waals surface area contributed by atoms with Gasteiger partial charge in [0.25, 0.3) is 0 Å². The van der Waals surface area contributed by atoms with Crippen molar-refractivity contribution in [3.8, 4) is 11.5 Å². The van der Waals surface area contributed by atoms with Gasteiger partial charge in [-0.2, -0.15) is 0 Å². The standard InChI is InChI=1S/C31H36N2O4/c1-32(26(34)13-10-20-6-4-3-5-7-20)23-14-15-31(35)25-18-22-11-12-24(36-2)28-27(22)30(31,29(23)37-28)16-17-33(25)19-21-8-9-21/h3-7,10-13,21,23,25,29,35H,8-9,14-19H2,1-2H3/b13-10+/t23?,25-,29?,30+,31-/m1/s1. The summed E-state index contributed by atoms with van der Waals surface area (Å²) in [6.07, 6.45) is 8.89. The van der Waals surface area contributed by atoms with Crippen molar-refractivity contribution in [1.82, 2.24) is 9.80 Å². The third-order valence-corrected chi connectivity index (χ3v) is 10.00. The number of likely N-dealkylation sites (N-methyl/N-ethyl adjacent to an activating group) is 1. The number of ether oxygens (including phenoxy) is 2. The van der Waals surface area contributed by atoms with E-state index in [0.717, 1.165) is 54.5 Å². The maximum Gasteiger partial charge on any atom is 0.246 e. The molecule has 2 aliphatic heterocycles. The van der Waals surface area contributed by atoms with E-state index in [-0.39, 0.29) is 24.1 Å². The number of likely N-dealkylation sites (tertiary alicyclic amines) is 1. The number of amides is 1. The van der Waals surface area contributed by atoms with Crippen LogP contribution < -0.4 is 9.47 Å². The van der Waals surface area contributed by atoms with E-state index in [4.69, 9.17) is 9.47 Å². The predicted molar refractivity (Wildman–Crippen MR) is 142 cm³/mol. The molecule has 3 aliphatic carbocycles. The zero-order valence-electron chi connectivity index (χ0n) is 21.7. The molecule has 1 N–H and O–H groups in total. The Balaban J connectivity index is 1.27. The van der Waals surface area contributed by atoms with E-state index in [1.54, 1.807) is 13.2 Å². The minimum absolute atomic E-state index is 0.0408. The van der Waals surface area contributed by atoms with Crippen molar-refractivity contribution in [3.05, 3.63) is 65.2 Å². The molecule has 0 aromatic heterocycles. The van der Waals surface area contributed by atoms with Gasteiger partial charge in [-0.15, -0.1) is 0 Å². The summed E-state index contributed by atoms with van der Waals surface area (Å²) in [4.78, 5) is 17.8. The molecule has 2 heterocycles. The summed E-state index contributed by atoms with van der Waals surface area (Å²) < 4.78 is 12.6. The molecule has 6 nitrogen and oxygen atoms in total. The number of aliphatic hydroxyl groups is 1. The third kappa shape index (κ3) is 3.28. The maximum absolute atomic E-state index is 13.4. The van der Waals surface area contributed by atoms with Crippen molar-refractivity contribution in [3.63, 3.8) is 0 Å². The lowest BCUT2D eigenvalue weighted by molar-refractivity contribution is -0.200. The van der Waals surface area contributed by atoms with Gasteiger partial charge in [0.2, 0.25) is 5.91 Å². The van der Waals surface area contributed by atoms with Gasteiger partial charge < -0.3 is 19.5 Å². The summed E-state index contributed by atoms with van der Waals surface area (Å²) in [7, 11) is 3.56. The second kappa shape index (κ2) is 8.34. The molecule has 2 saturated carbocycles. The summed E-state index contributed by atoms with van der Waals surface area (Å²) in [6.45, 7) is 2.04. The van der Waals surface area contributed by atoms with Gasteiger partial charge in [-0.05, 0) is 74.3 Å². The molecule has 6 heteroatoms. The predicted octanol–water partition coefficient (Wildman–Crippen LogP) is 3.80. The van der Waals surface area contributed by atoms with Crippen LogP contribution in [0, 0.1) is 5.92 Å². The van der Waals surface area contributed by atoms with Gasteiger partial charge in [-0.1, -0.05) is 36.4 Å². The van der Waals surface area contributed by atoms with E-state index in [1.165, 1.54) is 18.4 Å². The van der Waals surface area contributed by atoms with Crippen molar-refractivity contribution in [1.29, 1.82) is 0 Å². The molecule has 2 bridgehead atoms. The zero-order chi connectivity index (χ0) is 25.4. The number of benzene rings is 2. The number of hydrogen-bond acceptors (Lipinski definition) is 5. The van der Waals surface area contributed by atoms with Crippen LogP contribution in [0.5, 0.6) is 11.5 Å². The Bertz CT molecular complexity index is 1260. The average molecular weight is 501 g/mol. The van der Waals surface area contributed by atoms with Gasteiger partial charge in [-0.3, -0.25) is 9.69 Å². The van der Waals surface area contributed by atoms with Gasteiger partial charge in [0.05, 0.1) is 24.2 Å². The molecule has 3 fully saturated rings. The first-order valence-electron chi connectivity index (χ1n) is 13.8. The van der Waals surface area contributed by atoms with Crippen molar-refractivity contribution >= 4 is 12.0 Å². The Labute approximate surface area is 218 Å². The van der Waals surface area contributed by atoms with Gasteiger partial charge in [0, 0.05) is 31.3 Å². The van der Waals surface area contributed by atoms with Crippen molar-refractivity contribution in [2.45, 2.75) is 67.7 Å². The zero-order valence-corrected chi connectivity index (χ0v) is 21.7. The molecule has 7 rings (SSSR count). The Morgan fingerprint density at radius 2 is 2.00 bits per heavy atom. The smallest absolute Gasteiger partial charge is 0.246 e. The fourth-order valence-electron chi connectivity index (χ4n) is 8.01. The van der Waals surface area contributed by atoms with Crippen LogP contribution in [0.4, 0.5) is 0 Å². The molecular formula is C31H36N2O4. The first-order valence-corrected chi connectivity index (χ1v) is 13.8. The molecule has 1 saturated heterocycles. The number of carbonyl (C=O) groups is 1. The van der Waals surface area contributed by atoms with E-state index >= 15 is 0 Å². The van der Waals surface area contributed by atoms with E-state index in [9.17, 15) is 9.90 Å². The highest BCUT2D eigenvalue weighted by atomic mass is 16.5. The van der Waals surface area contributed by atoms with Crippen LogP contribution >= 0.6 is 0 Å². The SMILES string of the molecule is COc1ccc2c3c1OC1C(N(C)C(=O)/C=C/c4ccccc4)CC[C@@]4(O)[C@@H](C2)N(CC2CC2)CC[C@]314. The first kappa shape index (κ1) is 23.3. The molecule has 1 spiro atoms. The Morgan fingerprint density at radius 3 is 2.76 bits per heavy atom. The highest BCUT2D eigenvalue weighted by Gasteiger charge is 2.73. The van der Waals surface area contributed by atoms with E-state index in [2.05, 4.69) is 11.0 Å². The minimum atomic E-state index is -0.879. The third-order valence-electron chi connectivity index (χ3n) is 10.00. The highest BCUT2D eigenvalue weighted by molar-refractivity contribution is 5.92. The minimum Gasteiger partial charge on any atom is -0.493 e. The van der Waals surface area contributed by atoms with Crippen LogP contribution in [-0.2, 0) is 16.6 Å². The number of piperidine rings is 1. The number of methoxy groups -OCH3 is 1. The Kier molecular flexibility index (Phi) is 5.25. The lowest BCUT2D eigenvalue weighted by atomic mass is 9.48. The van der Waals surface area contributed by atoms with Crippen molar-refractivity contribution in [2.75, 3.05) is 27.2 Å². The van der Waals surface area contributed by atoms with Crippen molar-refractivity contribution < 1.29 is 19.4 Å². The van der Waals surface area contributed by atoms with Crippen LogP contribution in [0.1, 0.15) is 48.8 Å². The lowest BCUT2D eigenvalue weighted by Gasteiger charge is -2.64. The average Bonchev–Trinajstić information content (AvgIpc) is 3.66. The quantitative estimate of drug-likeness (QED) is 0.612. The molecule has 5 aliphatic rings. The molecule has 1 amide bonds. The second-order valence-electron chi connectivity index (χ2n) is 11.8. The number of rotatable bonds is 6. The molecule has 2 aromatic carbocycles. The summed E-state index contributed by atoms with van der Waals surface area (Å²) in [6, 6.07) is 14.0. The van der Waals surface area contributed by atoms with Crippen LogP contribution in [0.3, 0.4) is 0 Å². The van der Waals surface area contributed by atoms with E-state index < -0.39 is 11.0 Å². The second-order valence-corrected chi connectivity index (χ2v) is 11.8. The van der Waals surface area contributed by atoms with Crippen molar-refractivity contribution in [2.24, 2.45) is 5.92 Å². The largest absolute Gasteiger partial charge is 0.493 e. The van der Waals surface area contributed by atoms with E-state index in [0.29, 0.717) is 12.8 Å². The molecule has 0 radical (unpaired) electrons. The number of hydrogen-bond donors (Lipinski definition) is 1. The van der Waals surface area contributed by atoms with Crippen LogP contribution in [-0.4, -0.2) is 71.8 Å². The highest BCUT2D eigenvalue weighted by Crippen LogP contribution is 2.66. The normalized spacial score (nSPS) is 33.6. The molecule has 37 heavy (non-hydrogen) atoms. The van der Waals surface area contributed by atoms with E-state index in [1.807, 2.05) is 54.4 Å². The first-order chi connectivity index (χ1) is 18.0. The Morgan fingerprint density at radius 1 is 1.19 bits per heavy atom. The van der Waals surface area contributed by atoms with Crippen LogP contribution in [0.15, 0.2) is 48.5 Å². The summed E-state index contributed by atoms with van der Waals surface area (Å²) in [5, 5.41) is 12.7. The molecule has 194 valence electrons. The molecule has 2 unspecified atom stereocenters. The number of carbonyl (C=O) groups excluding carboxylic acids is 1. The van der Waals surface area contributed by atoms with Gasteiger partial charge in [0.15, 0.2) is 11.5 Å². The lowest BCUT2D eigenvalue weighted by Crippen LogP contribution is -2.78. The van der Waals surface area contributed by atoms with Crippen LogP contribution in [0.2, 0.25) is 0 Å². The maximum atomic E-state index is 13.4. The topological polar surface area (TPSA) is 62.2 Å². The molecule has 5 atom stereocenters. The monoisotopic (exact) mass is 500 g/mol.